The molecule has 2 aromatic heterocycles. The Labute approximate surface area is 298 Å². The van der Waals surface area contributed by atoms with Crippen molar-refractivity contribution >= 4 is 47.6 Å². The predicted molar refractivity (Wildman–Crippen MR) is 178 cm³/mol. The molecule has 0 fully saturated rings. The quantitative estimate of drug-likeness (QED) is 0.0979. The number of hydrogen-bond acceptors (Lipinski definition) is 12. The molecule has 5 N–H and O–H groups in total. The van der Waals surface area contributed by atoms with E-state index in [1.165, 1.54) is 14.2 Å². The van der Waals surface area contributed by atoms with Gasteiger partial charge >= 0.3 is 23.7 Å². The molecule has 26 heteroatoms. The molecular formula is C28H30F6N6O12S2. The zero-order valence-corrected chi connectivity index (χ0v) is 29.8. The van der Waals surface area contributed by atoms with Crippen molar-refractivity contribution in [3.05, 3.63) is 88.2 Å². The molecule has 2 heterocycles. The number of ether oxygens (including phenoxy) is 2. The fourth-order valence-electron chi connectivity index (χ4n) is 4.74. The molecule has 1 unspecified atom stereocenters. The third kappa shape index (κ3) is 10.5. The number of fused-ring (bicyclic) bond motifs is 2. The largest absolute Gasteiger partial charge is 0.417 e. The molecule has 54 heavy (non-hydrogen) atoms. The number of hydrogen-bond donors (Lipinski definition) is 5. The molecule has 0 saturated heterocycles. The standard InChI is InChI=1S/C14H16F3N3O6S.C14H14F3N3O6S/c2*1-26-4-3-11(21)7-5-8-10(6-9(7)14(15,16)17)18-13(23)20(12(8)22)19-27(2,24)25/h5-6,11,19,21H,3-4H2,1-2H3,(H,18,23);5-6,19H,3-4H2,1-2H3,(H,18,23). The van der Waals surface area contributed by atoms with Crippen molar-refractivity contribution in [2.24, 2.45) is 0 Å². The normalized spacial score (nSPS) is 13.0. The summed E-state index contributed by atoms with van der Waals surface area (Å²) in [5.41, 5.74) is -9.87. The van der Waals surface area contributed by atoms with Gasteiger partial charge < -0.3 is 24.5 Å². The highest BCUT2D eigenvalue weighted by molar-refractivity contribution is 7.91. The molecule has 298 valence electrons. The number of benzene rings is 2. The molecule has 0 spiro atoms. The van der Waals surface area contributed by atoms with Gasteiger partial charge in [0.1, 0.15) is 0 Å². The van der Waals surface area contributed by atoms with Crippen LogP contribution >= 0.6 is 0 Å². The Hall–Kier alpha value is -5.05. The highest BCUT2D eigenvalue weighted by Crippen LogP contribution is 2.37. The summed E-state index contributed by atoms with van der Waals surface area (Å²) in [5.74, 6) is -0.931. The molecule has 0 aliphatic rings. The highest BCUT2D eigenvalue weighted by atomic mass is 32.2. The van der Waals surface area contributed by atoms with Crippen LogP contribution in [0.15, 0.2) is 43.4 Å². The second-order valence-corrected chi connectivity index (χ2v) is 14.7. The molecule has 0 saturated carbocycles. The van der Waals surface area contributed by atoms with E-state index >= 15 is 0 Å². The van der Waals surface area contributed by atoms with Gasteiger partial charge in [0, 0.05) is 39.2 Å². The van der Waals surface area contributed by atoms with Crippen molar-refractivity contribution in [3.63, 3.8) is 0 Å². The number of alkyl halides is 6. The Morgan fingerprint density at radius 1 is 0.759 bits per heavy atom. The van der Waals surface area contributed by atoms with Gasteiger partial charge in [-0.25, -0.2) is 36.1 Å². The Morgan fingerprint density at radius 3 is 1.59 bits per heavy atom. The number of H-pyrrole nitrogens is 2. The molecule has 18 nitrogen and oxygen atoms in total. The van der Waals surface area contributed by atoms with Crippen LogP contribution in [-0.2, 0) is 41.9 Å². The van der Waals surface area contributed by atoms with Gasteiger partial charge in [-0.05, 0) is 29.8 Å². The maximum Gasteiger partial charge on any atom is 0.417 e. The van der Waals surface area contributed by atoms with E-state index in [0.29, 0.717) is 30.7 Å². The minimum absolute atomic E-state index is 0.0397. The molecule has 0 radical (unpaired) electrons. The monoisotopic (exact) mass is 820 g/mol. The van der Waals surface area contributed by atoms with Crippen LogP contribution in [-0.4, -0.2) is 87.0 Å². The smallest absolute Gasteiger partial charge is 0.388 e. The van der Waals surface area contributed by atoms with Crippen LogP contribution in [0.5, 0.6) is 0 Å². The maximum atomic E-state index is 13.4. The van der Waals surface area contributed by atoms with Crippen molar-refractivity contribution in [3.8, 4) is 0 Å². The molecular weight excluding hydrogens is 790 g/mol. The van der Waals surface area contributed by atoms with E-state index < -0.39 is 111 Å². The number of nitrogens with zero attached hydrogens (tertiary/aromatic N) is 2. The van der Waals surface area contributed by atoms with E-state index in [2.05, 4.69) is 4.74 Å². The summed E-state index contributed by atoms with van der Waals surface area (Å²) in [7, 11) is -5.48. The first kappa shape index (κ1) is 43.4. The van der Waals surface area contributed by atoms with Crippen molar-refractivity contribution in [1.29, 1.82) is 0 Å². The average molecular weight is 821 g/mol. The topological polar surface area (TPSA) is 258 Å². The summed E-state index contributed by atoms with van der Waals surface area (Å²) in [4.78, 5) is 68.0. The fraction of sp³-hybridized carbons (Fsp3) is 0.393. The van der Waals surface area contributed by atoms with Gasteiger partial charge in [-0.2, -0.15) is 35.7 Å². The number of sulfonamides is 2. The van der Waals surface area contributed by atoms with Crippen LogP contribution in [0.2, 0.25) is 0 Å². The molecule has 0 aliphatic carbocycles. The summed E-state index contributed by atoms with van der Waals surface area (Å²) in [6, 6.07) is 2.43. The number of carbonyl (C=O) groups is 1. The molecule has 0 aliphatic heterocycles. The highest BCUT2D eigenvalue weighted by Gasteiger charge is 2.37. The number of aliphatic hydroxyl groups excluding tert-OH is 1. The van der Waals surface area contributed by atoms with Crippen LogP contribution in [0, 0.1) is 0 Å². The van der Waals surface area contributed by atoms with Crippen LogP contribution in [0.4, 0.5) is 26.3 Å². The van der Waals surface area contributed by atoms with Gasteiger partial charge in [0.25, 0.3) is 11.1 Å². The number of ketones is 1. The lowest BCUT2D eigenvalue weighted by atomic mass is 9.97. The lowest BCUT2D eigenvalue weighted by Crippen LogP contribution is -2.43. The van der Waals surface area contributed by atoms with Gasteiger partial charge in [0.2, 0.25) is 20.0 Å². The summed E-state index contributed by atoms with van der Waals surface area (Å²) in [6.45, 7) is -0.179. The number of carbonyl (C=O) groups excluding carboxylic acids is 1. The van der Waals surface area contributed by atoms with Gasteiger partial charge in [-0.1, -0.05) is 0 Å². The first-order valence-electron chi connectivity index (χ1n) is 14.6. The second kappa shape index (κ2) is 16.1. The number of halogens is 6. The summed E-state index contributed by atoms with van der Waals surface area (Å²) < 4.78 is 135. The number of methoxy groups -OCH3 is 2. The fourth-order valence-corrected chi connectivity index (χ4v) is 5.74. The minimum Gasteiger partial charge on any atom is -0.388 e. The van der Waals surface area contributed by atoms with Crippen molar-refractivity contribution in [2.45, 2.75) is 31.3 Å². The summed E-state index contributed by atoms with van der Waals surface area (Å²) in [5, 5.41) is 9.20. The lowest BCUT2D eigenvalue weighted by Gasteiger charge is -2.18. The molecule has 4 aromatic rings. The van der Waals surface area contributed by atoms with Crippen LogP contribution in [0.1, 0.15) is 46.0 Å². The Balaban J connectivity index is 0.000000290. The van der Waals surface area contributed by atoms with Crippen LogP contribution in [0.25, 0.3) is 21.8 Å². The van der Waals surface area contributed by atoms with Crippen LogP contribution in [0.3, 0.4) is 0 Å². The molecule has 4 rings (SSSR count). The summed E-state index contributed by atoms with van der Waals surface area (Å²) >= 11 is 0. The van der Waals surface area contributed by atoms with E-state index in [4.69, 9.17) is 4.74 Å². The number of nitrogens with one attached hydrogen (secondary N) is 4. The van der Waals surface area contributed by atoms with Gasteiger partial charge in [0.15, 0.2) is 5.78 Å². The summed E-state index contributed by atoms with van der Waals surface area (Å²) in [6.07, 6.45) is -10.6. The zero-order valence-electron chi connectivity index (χ0n) is 28.1. The van der Waals surface area contributed by atoms with E-state index in [-0.39, 0.29) is 35.4 Å². The van der Waals surface area contributed by atoms with E-state index in [1.807, 2.05) is 9.97 Å². The number of aromatic nitrogens is 4. The Kier molecular flexibility index (Phi) is 13.0. The number of aromatic amines is 2. The van der Waals surface area contributed by atoms with Gasteiger partial charge in [-0.15, -0.1) is 0 Å². The molecule has 2 aromatic carbocycles. The molecule has 0 bridgehead atoms. The zero-order chi connectivity index (χ0) is 41.1. The van der Waals surface area contributed by atoms with Crippen molar-refractivity contribution in [1.82, 2.24) is 19.3 Å². The van der Waals surface area contributed by atoms with E-state index in [0.717, 1.165) is 6.07 Å². The number of Topliss-reactive ketones (excluding diaryl/α,β-unsaturated/α-hetero) is 1. The number of rotatable bonds is 12. The van der Waals surface area contributed by atoms with E-state index in [9.17, 15) is 72.3 Å². The van der Waals surface area contributed by atoms with Gasteiger partial charge in [0.05, 0.1) is 58.2 Å². The molecule has 1 atom stereocenters. The number of aliphatic hydroxyl groups is 1. The van der Waals surface area contributed by atoms with E-state index in [1.54, 1.807) is 9.66 Å². The van der Waals surface area contributed by atoms with Crippen LogP contribution < -0.4 is 32.2 Å². The Morgan fingerprint density at radius 2 is 1.19 bits per heavy atom. The van der Waals surface area contributed by atoms with Crippen molar-refractivity contribution in [2.75, 3.05) is 49.6 Å². The average Bonchev–Trinajstić information content (AvgIpc) is 3.04. The van der Waals surface area contributed by atoms with Crippen molar-refractivity contribution < 1.29 is 62.6 Å². The lowest BCUT2D eigenvalue weighted by molar-refractivity contribution is -0.139. The Bertz CT molecular complexity index is 2540. The second-order valence-electron chi connectivity index (χ2n) is 11.3. The minimum atomic E-state index is -4.93. The third-order valence-corrected chi connectivity index (χ3v) is 8.05. The SMILES string of the molecule is COCCC(=O)c1cc2c(=O)n(NS(C)(=O)=O)c(=O)[nH]c2cc1C(F)(F)F.COCCC(O)c1cc2c(=O)n(NS(C)(=O)=O)c(=O)[nH]c2cc1C(F)(F)F. The maximum absolute atomic E-state index is 13.4. The first-order chi connectivity index (χ1) is 24.7. The first-order valence-corrected chi connectivity index (χ1v) is 18.4. The third-order valence-electron chi connectivity index (χ3n) is 7.02. The molecule has 0 amide bonds. The predicted octanol–water partition coefficient (Wildman–Crippen LogP) is 0.712. The van der Waals surface area contributed by atoms with Gasteiger partial charge in [-0.3, -0.25) is 14.4 Å².